The Kier molecular flexibility index (Phi) is 4.00. The van der Waals surface area contributed by atoms with E-state index in [1.807, 2.05) is 24.4 Å². The number of amides is 1. The highest BCUT2D eigenvalue weighted by Crippen LogP contribution is 2.23. The van der Waals surface area contributed by atoms with Gasteiger partial charge < -0.3 is 9.88 Å². The van der Waals surface area contributed by atoms with Crippen molar-refractivity contribution in [3.63, 3.8) is 0 Å². The van der Waals surface area contributed by atoms with Gasteiger partial charge in [0.25, 0.3) is 0 Å². The van der Waals surface area contributed by atoms with Gasteiger partial charge in [0.15, 0.2) is 5.43 Å². The predicted octanol–water partition coefficient (Wildman–Crippen LogP) is 3.66. The van der Waals surface area contributed by atoms with Crippen LogP contribution in [0.25, 0.3) is 10.2 Å². The van der Waals surface area contributed by atoms with Crippen molar-refractivity contribution in [3.8, 4) is 0 Å². The first kappa shape index (κ1) is 14.8. The van der Waals surface area contributed by atoms with Crippen LogP contribution in [0.3, 0.4) is 0 Å². The van der Waals surface area contributed by atoms with Gasteiger partial charge in [-0.05, 0) is 36.1 Å². The first-order valence-electron chi connectivity index (χ1n) is 6.68. The zero-order valence-corrected chi connectivity index (χ0v) is 13.4. The lowest BCUT2D eigenvalue weighted by Crippen LogP contribution is -2.20. The number of rotatable bonds is 3. The smallest absolute Gasteiger partial charge is 0.244 e. The lowest BCUT2D eigenvalue weighted by Gasteiger charge is -2.11. The Labute approximate surface area is 136 Å². The maximum absolute atomic E-state index is 12.2. The summed E-state index contributed by atoms with van der Waals surface area (Å²) in [5, 5.41) is 5.31. The van der Waals surface area contributed by atoms with Gasteiger partial charge in [0.05, 0.1) is 10.2 Å². The maximum atomic E-state index is 12.2. The Morgan fingerprint density at radius 3 is 2.95 bits per heavy atom. The minimum absolute atomic E-state index is 0.0210. The Balaban J connectivity index is 1.85. The van der Waals surface area contributed by atoms with Crippen LogP contribution in [0.1, 0.15) is 5.56 Å². The van der Waals surface area contributed by atoms with Gasteiger partial charge in [-0.2, -0.15) is 0 Å². The van der Waals surface area contributed by atoms with Crippen molar-refractivity contribution in [3.05, 3.63) is 62.7 Å². The van der Waals surface area contributed by atoms with Gasteiger partial charge in [0, 0.05) is 23.0 Å². The Bertz CT molecular complexity index is 914. The monoisotopic (exact) mass is 332 g/mol. The molecule has 0 atom stereocenters. The third-order valence-electron chi connectivity index (χ3n) is 3.44. The normalized spacial score (nSPS) is 10.8. The van der Waals surface area contributed by atoms with Crippen LogP contribution in [-0.4, -0.2) is 10.5 Å². The summed E-state index contributed by atoms with van der Waals surface area (Å²) >= 11 is 7.43. The molecule has 22 heavy (non-hydrogen) atoms. The van der Waals surface area contributed by atoms with E-state index in [4.69, 9.17) is 11.6 Å². The molecule has 0 aliphatic rings. The molecule has 0 aliphatic heterocycles. The van der Waals surface area contributed by atoms with Gasteiger partial charge in [0.2, 0.25) is 5.91 Å². The summed E-state index contributed by atoms with van der Waals surface area (Å²) in [4.78, 5) is 24.0. The van der Waals surface area contributed by atoms with Gasteiger partial charge in [-0.15, -0.1) is 11.3 Å². The zero-order valence-electron chi connectivity index (χ0n) is 11.8. The fourth-order valence-corrected chi connectivity index (χ4v) is 3.25. The molecule has 0 aliphatic carbocycles. The third-order valence-corrected chi connectivity index (χ3v) is 4.77. The standard InChI is InChI=1S/C16H13ClN2O2S/c1-10-11(17)3-2-4-12(10)18-15(21)9-19-7-5-14(20)16-13(19)6-8-22-16/h2-8H,9H2,1H3,(H,18,21). The number of benzene rings is 1. The average molecular weight is 333 g/mol. The molecule has 0 fully saturated rings. The summed E-state index contributed by atoms with van der Waals surface area (Å²) < 4.78 is 2.43. The van der Waals surface area contributed by atoms with Crippen molar-refractivity contribution in [1.29, 1.82) is 0 Å². The van der Waals surface area contributed by atoms with Gasteiger partial charge in [-0.3, -0.25) is 9.59 Å². The van der Waals surface area contributed by atoms with E-state index in [1.54, 1.807) is 22.9 Å². The van der Waals surface area contributed by atoms with E-state index in [9.17, 15) is 9.59 Å². The van der Waals surface area contributed by atoms with Crippen LogP contribution in [0, 0.1) is 6.92 Å². The summed E-state index contributed by atoms with van der Waals surface area (Å²) in [6.07, 6.45) is 1.64. The second-order valence-electron chi connectivity index (χ2n) is 4.90. The molecule has 0 unspecified atom stereocenters. The van der Waals surface area contributed by atoms with Gasteiger partial charge in [0.1, 0.15) is 6.54 Å². The topological polar surface area (TPSA) is 51.1 Å². The number of pyridine rings is 1. The van der Waals surface area contributed by atoms with Crippen molar-refractivity contribution in [2.24, 2.45) is 0 Å². The summed E-state index contributed by atoms with van der Waals surface area (Å²) in [6.45, 7) is 1.99. The second-order valence-corrected chi connectivity index (χ2v) is 6.23. The molecule has 0 radical (unpaired) electrons. The van der Waals surface area contributed by atoms with Crippen LogP contribution < -0.4 is 10.7 Å². The van der Waals surface area contributed by atoms with Crippen LogP contribution >= 0.6 is 22.9 Å². The molecule has 0 bridgehead atoms. The Morgan fingerprint density at radius 1 is 1.32 bits per heavy atom. The summed E-state index contributed by atoms with van der Waals surface area (Å²) in [6, 6.07) is 8.71. The van der Waals surface area contributed by atoms with E-state index >= 15 is 0 Å². The van der Waals surface area contributed by atoms with E-state index in [1.165, 1.54) is 17.4 Å². The van der Waals surface area contributed by atoms with E-state index in [-0.39, 0.29) is 17.9 Å². The lowest BCUT2D eigenvalue weighted by atomic mass is 10.2. The number of carbonyl (C=O) groups excluding carboxylic acids is 1. The van der Waals surface area contributed by atoms with Crippen LogP contribution in [0.2, 0.25) is 5.02 Å². The highest BCUT2D eigenvalue weighted by molar-refractivity contribution is 7.17. The molecule has 0 spiro atoms. The summed E-state index contributed by atoms with van der Waals surface area (Å²) in [7, 11) is 0. The van der Waals surface area contributed by atoms with Crippen LogP contribution in [0.4, 0.5) is 5.69 Å². The van der Waals surface area contributed by atoms with E-state index in [2.05, 4.69) is 5.32 Å². The average Bonchev–Trinajstić information content (AvgIpc) is 2.97. The Hall–Kier alpha value is -2.11. The molecule has 6 heteroatoms. The first-order chi connectivity index (χ1) is 10.6. The second kappa shape index (κ2) is 5.94. The van der Waals surface area contributed by atoms with Crippen molar-refractivity contribution in [2.45, 2.75) is 13.5 Å². The highest BCUT2D eigenvalue weighted by atomic mass is 35.5. The number of carbonyl (C=O) groups is 1. The van der Waals surface area contributed by atoms with E-state index in [0.717, 1.165) is 11.1 Å². The molecule has 0 saturated carbocycles. The molecule has 1 aromatic carbocycles. The number of fused-ring (bicyclic) bond motifs is 1. The summed E-state index contributed by atoms with van der Waals surface area (Å²) in [5.41, 5.74) is 2.28. The first-order valence-corrected chi connectivity index (χ1v) is 7.93. The minimum Gasteiger partial charge on any atom is -0.337 e. The molecule has 4 nitrogen and oxygen atoms in total. The molecule has 3 rings (SSSR count). The summed E-state index contributed by atoms with van der Waals surface area (Å²) in [5.74, 6) is -0.165. The van der Waals surface area contributed by atoms with Gasteiger partial charge in [-0.25, -0.2) is 0 Å². The predicted molar refractivity (Wildman–Crippen MR) is 90.9 cm³/mol. The van der Waals surface area contributed by atoms with Crippen LogP contribution in [0.15, 0.2) is 46.7 Å². The Morgan fingerprint density at radius 2 is 2.14 bits per heavy atom. The molecular formula is C16H13ClN2O2S. The van der Waals surface area contributed by atoms with E-state index < -0.39 is 0 Å². The lowest BCUT2D eigenvalue weighted by molar-refractivity contribution is -0.116. The molecule has 1 N–H and O–H groups in total. The molecule has 0 saturated heterocycles. The van der Waals surface area contributed by atoms with Gasteiger partial charge in [-0.1, -0.05) is 17.7 Å². The molecular weight excluding hydrogens is 320 g/mol. The van der Waals surface area contributed by atoms with Crippen LogP contribution in [0.5, 0.6) is 0 Å². The van der Waals surface area contributed by atoms with E-state index in [0.29, 0.717) is 15.4 Å². The number of nitrogens with zero attached hydrogens (tertiary/aromatic N) is 1. The number of hydrogen-bond acceptors (Lipinski definition) is 3. The largest absolute Gasteiger partial charge is 0.337 e. The quantitative estimate of drug-likeness (QED) is 0.795. The van der Waals surface area contributed by atoms with Crippen molar-refractivity contribution in [1.82, 2.24) is 4.57 Å². The molecule has 1 amide bonds. The van der Waals surface area contributed by atoms with Gasteiger partial charge >= 0.3 is 0 Å². The zero-order chi connectivity index (χ0) is 15.7. The molecule has 2 heterocycles. The van der Waals surface area contributed by atoms with Crippen molar-refractivity contribution < 1.29 is 4.79 Å². The molecule has 2 aromatic heterocycles. The number of thiophene rings is 1. The van der Waals surface area contributed by atoms with Crippen molar-refractivity contribution >= 4 is 44.7 Å². The number of aromatic nitrogens is 1. The number of halogens is 1. The molecule has 112 valence electrons. The fraction of sp³-hybridized carbons (Fsp3) is 0.125. The maximum Gasteiger partial charge on any atom is 0.244 e. The van der Waals surface area contributed by atoms with Crippen molar-refractivity contribution in [2.75, 3.05) is 5.32 Å². The third kappa shape index (κ3) is 2.77. The number of nitrogens with one attached hydrogen (secondary N) is 1. The van der Waals surface area contributed by atoms with Crippen LogP contribution in [-0.2, 0) is 11.3 Å². The number of anilines is 1. The minimum atomic E-state index is -0.165. The number of hydrogen-bond donors (Lipinski definition) is 1. The SMILES string of the molecule is Cc1c(Cl)cccc1NC(=O)Cn1ccc(=O)c2sccc21. The highest BCUT2D eigenvalue weighted by Gasteiger charge is 2.10. The molecule has 3 aromatic rings. The fourth-order valence-electron chi connectivity index (χ4n) is 2.25.